The van der Waals surface area contributed by atoms with E-state index in [1.165, 1.54) is 6.07 Å². The van der Waals surface area contributed by atoms with Crippen LogP contribution >= 0.6 is 15.9 Å². The van der Waals surface area contributed by atoms with Crippen molar-refractivity contribution < 1.29 is 13.5 Å². The predicted octanol–water partition coefficient (Wildman–Crippen LogP) is 2.00. The summed E-state index contributed by atoms with van der Waals surface area (Å²) in [6, 6.07) is 11.7. The van der Waals surface area contributed by atoms with E-state index >= 15 is 0 Å². The molecule has 7 heteroatoms. The summed E-state index contributed by atoms with van der Waals surface area (Å²) in [6.07, 6.45) is 0. The minimum absolute atomic E-state index is 0.0820. The largest absolute Gasteiger partial charge is 0.399 e. The lowest BCUT2D eigenvalue weighted by Gasteiger charge is -2.10. The van der Waals surface area contributed by atoms with Gasteiger partial charge in [0.25, 0.3) is 0 Å². The van der Waals surface area contributed by atoms with E-state index in [1.54, 1.807) is 36.4 Å². The molecule has 0 aliphatic carbocycles. The second-order valence-electron chi connectivity index (χ2n) is 4.49. The maximum Gasteiger partial charge on any atom is 0.242 e. The van der Waals surface area contributed by atoms with Crippen molar-refractivity contribution in [1.29, 1.82) is 0 Å². The molecule has 0 radical (unpaired) electrons. The number of hydrogen-bond acceptors (Lipinski definition) is 4. The molecular weight excluding hydrogens is 356 g/mol. The Morgan fingerprint density at radius 1 is 1.14 bits per heavy atom. The summed E-state index contributed by atoms with van der Waals surface area (Å²) >= 11 is 3.21. The molecule has 0 saturated heterocycles. The predicted molar refractivity (Wildman–Crippen MR) is 84.9 cm³/mol. The molecule has 2 aromatic rings. The molecule has 0 aliphatic rings. The van der Waals surface area contributed by atoms with Crippen LogP contribution in [-0.4, -0.2) is 13.5 Å². The van der Waals surface area contributed by atoms with Crippen molar-refractivity contribution in [2.75, 3.05) is 5.73 Å². The number of nitrogen functional groups attached to an aromatic ring is 1. The van der Waals surface area contributed by atoms with E-state index < -0.39 is 10.0 Å². The fourth-order valence-corrected chi connectivity index (χ4v) is 3.83. The van der Waals surface area contributed by atoms with Crippen LogP contribution in [0.3, 0.4) is 0 Å². The Kier molecular flexibility index (Phi) is 5.00. The molecule has 0 heterocycles. The van der Waals surface area contributed by atoms with Crippen molar-refractivity contribution in [3.8, 4) is 0 Å². The van der Waals surface area contributed by atoms with E-state index in [1.807, 2.05) is 0 Å². The van der Waals surface area contributed by atoms with E-state index in [4.69, 9.17) is 10.8 Å². The summed E-state index contributed by atoms with van der Waals surface area (Å²) < 4.78 is 27.5. The first-order valence-corrected chi connectivity index (χ1v) is 8.43. The number of halogens is 1. The topological polar surface area (TPSA) is 92.4 Å². The SMILES string of the molecule is Nc1ccc(Br)c(S(=O)(=O)NCc2cccc(CO)c2)c1. The molecular formula is C14H15BrN2O3S. The number of anilines is 1. The van der Waals surface area contributed by atoms with Gasteiger partial charge in [-0.15, -0.1) is 0 Å². The number of rotatable bonds is 5. The van der Waals surface area contributed by atoms with E-state index in [0.29, 0.717) is 10.2 Å². The molecule has 0 unspecified atom stereocenters. The third-order valence-electron chi connectivity index (χ3n) is 2.89. The molecule has 0 spiro atoms. The smallest absolute Gasteiger partial charge is 0.242 e. The van der Waals surface area contributed by atoms with Crippen molar-refractivity contribution in [2.45, 2.75) is 18.0 Å². The van der Waals surface area contributed by atoms with Gasteiger partial charge in [0, 0.05) is 16.7 Å². The van der Waals surface area contributed by atoms with Gasteiger partial charge in [-0.25, -0.2) is 13.1 Å². The summed E-state index contributed by atoms with van der Waals surface area (Å²) in [5.74, 6) is 0. The zero-order valence-corrected chi connectivity index (χ0v) is 13.5. The van der Waals surface area contributed by atoms with Gasteiger partial charge in [0.05, 0.1) is 11.5 Å². The van der Waals surface area contributed by atoms with Gasteiger partial charge in [0.15, 0.2) is 0 Å². The first-order chi connectivity index (χ1) is 9.92. The van der Waals surface area contributed by atoms with Crippen LogP contribution in [0, 0.1) is 0 Å². The standard InChI is InChI=1S/C14H15BrN2O3S/c15-13-5-4-12(16)7-14(13)21(19,20)17-8-10-2-1-3-11(6-10)9-18/h1-7,17-18H,8-9,16H2. The zero-order chi connectivity index (χ0) is 15.5. The Morgan fingerprint density at radius 2 is 1.86 bits per heavy atom. The maximum absolute atomic E-state index is 12.3. The van der Waals surface area contributed by atoms with Gasteiger partial charge in [-0.2, -0.15) is 0 Å². The van der Waals surface area contributed by atoms with Crippen LogP contribution in [0.1, 0.15) is 11.1 Å². The second-order valence-corrected chi connectivity index (χ2v) is 7.08. The fraction of sp³-hybridized carbons (Fsp3) is 0.143. The summed E-state index contributed by atoms with van der Waals surface area (Å²) in [5.41, 5.74) is 7.51. The lowest BCUT2D eigenvalue weighted by molar-refractivity contribution is 0.281. The highest BCUT2D eigenvalue weighted by atomic mass is 79.9. The molecule has 0 fully saturated rings. The highest BCUT2D eigenvalue weighted by Gasteiger charge is 2.17. The average Bonchev–Trinajstić information content (AvgIpc) is 2.48. The molecule has 0 aliphatic heterocycles. The van der Waals surface area contributed by atoms with Gasteiger partial charge < -0.3 is 10.8 Å². The number of aliphatic hydroxyl groups excluding tert-OH is 1. The molecule has 4 N–H and O–H groups in total. The highest BCUT2D eigenvalue weighted by molar-refractivity contribution is 9.10. The van der Waals surface area contributed by atoms with Gasteiger partial charge in [0.1, 0.15) is 0 Å². The quantitative estimate of drug-likeness (QED) is 0.701. The van der Waals surface area contributed by atoms with E-state index in [-0.39, 0.29) is 18.0 Å². The van der Waals surface area contributed by atoms with Gasteiger partial charge in [-0.1, -0.05) is 24.3 Å². The van der Waals surface area contributed by atoms with Crippen molar-refractivity contribution in [1.82, 2.24) is 4.72 Å². The second kappa shape index (κ2) is 6.57. The summed E-state index contributed by atoms with van der Waals surface area (Å²) in [4.78, 5) is 0.0980. The van der Waals surface area contributed by atoms with Crippen LogP contribution in [0.25, 0.3) is 0 Å². The molecule has 0 saturated carbocycles. The Hall–Kier alpha value is -1.41. The summed E-state index contributed by atoms with van der Waals surface area (Å²) in [6.45, 7) is 0.0543. The Labute approximate surface area is 132 Å². The molecule has 21 heavy (non-hydrogen) atoms. The average molecular weight is 371 g/mol. The molecule has 0 bridgehead atoms. The van der Waals surface area contributed by atoms with Crippen LogP contribution in [-0.2, 0) is 23.2 Å². The lowest BCUT2D eigenvalue weighted by atomic mass is 10.1. The normalized spacial score (nSPS) is 11.5. The Balaban J connectivity index is 2.19. The molecule has 112 valence electrons. The van der Waals surface area contributed by atoms with Gasteiger partial charge >= 0.3 is 0 Å². The first-order valence-electron chi connectivity index (χ1n) is 6.16. The number of nitrogens with two attached hydrogens (primary N) is 1. The highest BCUT2D eigenvalue weighted by Crippen LogP contribution is 2.24. The minimum atomic E-state index is -3.67. The van der Waals surface area contributed by atoms with Crippen LogP contribution < -0.4 is 10.5 Å². The molecule has 0 aromatic heterocycles. The van der Waals surface area contributed by atoms with Gasteiger partial charge in [0.2, 0.25) is 10.0 Å². The summed E-state index contributed by atoms with van der Waals surface area (Å²) in [5, 5.41) is 9.08. The van der Waals surface area contributed by atoms with Gasteiger partial charge in [-0.05, 0) is 45.3 Å². The van der Waals surface area contributed by atoms with Crippen LogP contribution in [0.4, 0.5) is 5.69 Å². The van der Waals surface area contributed by atoms with Crippen molar-refractivity contribution in [3.05, 3.63) is 58.1 Å². The molecule has 5 nitrogen and oxygen atoms in total. The first kappa shape index (κ1) is 16.0. The molecule has 0 atom stereocenters. The number of hydrogen-bond donors (Lipinski definition) is 3. The molecule has 0 amide bonds. The minimum Gasteiger partial charge on any atom is -0.399 e. The fourth-order valence-electron chi connectivity index (χ4n) is 1.82. The third kappa shape index (κ3) is 4.04. The van der Waals surface area contributed by atoms with Crippen molar-refractivity contribution >= 4 is 31.6 Å². The molecule has 2 rings (SSSR count). The summed E-state index contributed by atoms with van der Waals surface area (Å²) in [7, 11) is -3.67. The van der Waals surface area contributed by atoms with Crippen LogP contribution in [0.15, 0.2) is 51.8 Å². The number of sulfonamides is 1. The lowest BCUT2D eigenvalue weighted by Crippen LogP contribution is -2.23. The van der Waals surface area contributed by atoms with Crippen LogP contribution in [0.2, 0.25) is 0 Å². The van der Waals surface area contributed by atoms with Crippen molar-refractivity contribution in [3.63, 3.8) is 0 Å². The van der Waals surface area contributed by atoms with E-state index in [9.17, 15) is 8.42 Å². The molecule has 2 aromatic carbocycles. The number of benzene rings is 2. The number of aliphatic hydroxyl groups is 1. The Bertz CT molecular complexity index is 748. The van der Waals surface area contributed by atoms with E-state index in [2.05, 4.69) is 20.7 Å². The van der Waals surface area contributed by atoms with Gasteiger partial charge in [-0.3, -0.25) is 0 Å². The zero-order valence-electron chi connectivity index (χ0n) is 11.1. The van der Waals surface area contributed by atoms with Crippen LogP contribution in [0.5, 0.6) is 0 Å². The third-order valence-corrected chi connectivity index (χ3v) is 5.28. The Morgan fingerprint density at radius 3 is 2.57 bits per heavy atom. The monoisotopic (exact) mass is 370 g/mol. The van der Waals surface area contributed by atoms with E-state index in [0.717, 1.165) is 11.1 Å². The van der Waals surface area contributed by atoms with Crippen molar-refractivity contribution in [2.24, 2.45) is 0 Å². The maximum atomic E-state index is 12.3. The number of nitrogens with one attached hydrogen (secondary N) is 1.